The van der Waals surface area contributed by atoms with Crippen LogP contribution in [0.3, 0.4) is 0 Å². The Morgan fingerprint density at radius 1 is 1.47 bits per heavy atom. The molecule has 8 heteroatoms. The Morgan fingerprint density at radius 3 is 2.89 bits per heavy atom. The largest absolute Gasteiger partial charge is 0.383 e. The average Bonchev–Trinajstić information content (AvgIpc) is 2.88. The Labute approximate surface area is 108 Å². The molecule has 1 heterocycles. The normalized spacial score (nSPS) is 12.3. The number of para-hydroxylation sites is 1. The number of nitro groups is 1. The number of hydrogen-bond acceptors (Lipinski definition) is 7. The number of aromatic nitrogens is 2. The highest BCUT2D eigenvalue weighted by atomic mass is 16.6. The lowest BCUT2D eigenvalue weighted by Gasteiger charge is -2.01. The van der Waals surface area contributed by atoms with E-state index >= 15 is 0 Å². The molecule has 0 radical (unpaired) electrons. The molecular weight excluding hydrogens is 252 g/mol. The smallest absolute Gasteiger partial charge is 0.280 e. The number of rotatable bonds is 5. The molecule has 100 valence electrons. The third kappa shape index (κ3) is 2.75. The standard InChI is InChI=1S/C11H12N4O4/c12-6-5-9(16)11-13-10(14-19-11)7-3-1-2-4-8(7)15(17)18/h1-4,9,16H,5-6,12H2. The average molecular weight is 264 g/mol. The van der Waals surface area contributed by atoms with E-state index in [-0.39, 0.29) is 35.9 Å². The zero-order valence-corrected chi connectivity index (χ0v) is 9.89. The number of aliphatic hydroxyl groups is 1. The molecule has 1 atom stereocenters. The highest BCUT2D eigenvalue weighted by Gasteiger charge is 2.21. The van der Waals surface area contributed by atoms with Crippen molar-refractivity contribution in [2.75, 3.05) is 6.54 Å². The molecule has 2 aromatic rings. The summed E-state index contributed by atoms with van der Waals surface area (Å²) < 4.78 is 4.88. The van der Waals surface area contributed by atoms with E-state index in [2.05, 4.69) is 10.1 Å². The van der Waals surface area contributed by atoms with E-state index < -0.39 is 11.0 Å². The van der Waals surface area contributed by atoms with Crippen molar-refractivity contribution < 1.29 is 14.6 Å². The van der Waals surface area contributed by atoms with Gasteiger partial charge in [-0.2, -0.15) is 4.98 Å². The minimum atomic E-state index is -0.964. The Morgan fingerprint density at radius 2 is 2.21 bits per heavy atom. The summed E-state index contributed by atoms with van der Waals surface area (Å²) in [4.78, 5) is 14.3. The van der Waals surface area contributed by atoms with E-state index in [9.17, 15) is 15.2 Å². The van der Waals surface area contributed by atoms with E-state index in [1.165, 1.54) is 12.1 Å². The van der Waals surface area contributed by atoms with Crippen molar-refractivity contribution in [3.63, 3.8) is 0 Å². The summed E-state index contributed by atoms with van der Waals surface area (Å²) in [5.41, 5.74) is 5.43. The Balaban J connectivity index is 2.35. The van der Waals surface area contributed by atoms with Crippen LogP contribution in [0.1, 0.15) is 18.4 Å². The summed E-state index contributed by atoms with van der Waals surface area (Å²) in [6.45, 7) is 0.268. The molecule has 0 aliphatic rings. The second-order valence-electron chi connectivity index (χ2n) is 3.82. The van der Waals surface area contributed by atoms with E-state index in [0.717, 1.165) is 0 Å². The van der Waals surface area contributed by atoms with E-state index in [1.54, 1.807) is 12.1 Å². The predicted octanol–water partition coefficient (Wildman–Crippen LogP) is 1.03. The van der Waals surface area contributed by atoms with Crippen LogP contribution in [0.2, 0.25) is 0 Å². The van der Waals surface area contributed by atoms with E-state index in [1.807, 2.05) is 0 Å². The summed E-state index contributed by atoms with van der Waals surface area (Å²) in [5.74, 6) is 0.0666. The van der Waals surface area contributed by atoms with Gasteiger partial charge in [-0.25, -0.2) is 0 Å². The lowest BCUT2D eigenvalue weighted by molar-refractivity contribution is -0.384. The zero-order chi connectivity index (χ0) is 13.8. The van der Waals surface area contributed by atoms with Gasteiger partial charge in [0.25, 0.3) is 11.6 Å². The fraction of sp³-hybridized carbons (Fsp3) is 0.273. The van der Waals surface area contributed by atoms with Gasteiger partial charge in [-0.05, 0) is 19.0 Å². The molecule has 0 bridgehead atoms. The number of hydrogen-bond donors (Lipinski definition) is 2. The van der Waals surface area contributed by atoms with Crippen LogP contribution >= 0.6 is 0 Å². The topological polar surface area (TPSA) is 128 Å². The van der Waals surface area contributed by atoms with Gasteiger partial charge in [-0.15, -0.1) is 0 Å². The molecular formula is C11H12N4O4. The quantitative estimate of drug-likeness (QED) is 0.609. The van der Waals surface area contributed by atoms with Crippen molar-refractivity contribution in [2.24, 2.45) is 5.73 Å². The molecule has 1 aromatic heterocycles. The predicted molar refractivity (Wildman–Crippen MR) is 65.0 cm³/mol. The first-order valence-electron chi connectivity index (χ1n) is 5.59. The third-order valence-electron chi connectivity index (χ3n) is 2.51. The maximum atomic E-state index is 10.9. The van der Waals surface area contributed by atoms with Gasteiger partial charge in [-0.1, -0.05) is 17.3 Å². The lowest BCUT2D eigenvalue weighted by atomic mass is 10.1. The SMILES string of the molecule is NCCC(O)c1nc(-c2ccccc2[N+](=O)[O-])no1. The second kappa shape index (κ2) is 5.55. The molecule has 1 unspecified atom stereocenters. The summed E-state index contributed by atoms with van der Waals surface area (Å²) in [6, 6.07) is 6.05. The van der Waals surface area contributed by atoms with Crippen LogP contribution in [0.25, 0.3) is 11.4 Å². The first kappa shape index (κ1) is 13.1. The van der Waals surface area contributed by atoms with Crippen molar-refractivity contribution >= 4 is 5.69 Å². The fourth-order valence-corrected chi connectivity index (χ4v) is 1.58. The summed E-state index contributed by atoms with van der Waals surface area (Å²) in [5, 5.41) is 24.2. The number of benzene rings is 1. The molecule has 0 spiro atoms. The first-order valence-corrected chi connectivity index (χ1v) is 5.59. The van der Waals surface area contributed by atoms with Crippen molar-refractivity contribution in [1.82, 2.24) is 10.1 Å². The van der Waals surface area contributed by atoms with Crippen molar-refractivity contribution in [1.29, 1.82) is 0 Å². The van der Waals surface area contributed by atoms with Crippen LogP contribution in [0, 0.1) is 10.1 Å². The second-order valence-corrected chi connectivity index (χ2v) is 3.82. The monoisotopic (exact) mass is 264 g/mol. The maximum absolute atomic E-state index is 10.9. The summed E-state index contributed by atoms with van der Waals surface area (Å²) in [6.07, 6.45) is -0.688. The van der Waals surface area contributed by atoms with Gasteiger partial charge < -0.3 is 15.4 Å². The van der Waals surface area contributed by atoms with Crippen LogP contribution < -0.4 is 5.73 Å². The molecule has 8 nitrogen and oxygen atoms in total. The van der Waals surface area contributed by atoms with E-state index in [4.69, 9.17) is 10.3 Å². The van der Waals surface area contributed by atoms with Crippen LogP contribution in [0.5, 0.6) is 0 Å². The van der Waals surface area contributed by atoms with Crippen LogP contribution in [-0.2, 0) is 0 Å². The number of nitrogens with zero attached hydrogens (tertiary/aromatic N) is 3. The van der Waals surface area contributed by atoms with Gasteiger partial charge >= 0.3 is 0 Å². The fourth-order valence-electron chi connectivity index (χ4n) is 1.58. The van der Waals surface area contributed by atoms with E-state index in [0.29, 0.717) is 0 Å². The molecule has 3 N–H and O–H groups in total. The highest BCUT2D eigenvalue weighted by molar-refractivity contribution is 5.67. The molecule has 0 aliphatic heterocycles. The third-order valence-corrected chi connectivity index (χ3v) is 2.51. The van der Waals surface area contributed by atoms with Gasteiger partial charge in [0, 0.05) is 6.07 Å². The Hall–Kier alpha value is -2.32. The minimum Gasteiger partial charge on any atom is -0.383 e. The molecule has 0 saturated carbocycles. The summed E-state index contributed by atoms with van der Waals surface area (Å²) in [7, 11) is 0. The Bertz CT molecular complexity index is 584. The van der Waals surface area contributed by atoms with Gasteiger partial charge in [0.2, 0.25) is 5.82 Å². The summed E-state index contributed by atoms with van der Waals surface area (Å²) >= 11 is 0. The van der Waals surface area contributed by atoms with Crippen molar-refractivity contribution in [2.45, 2.75) is 12.5 Å². The van der Waals surface area contributed by atoms with Gasteiger partial charge in [0.05, 0.1) is 4.92 Å². The molecule has 19 heavy (non-hydrogen) atoms. The molecule has 0 amide bonds. The Kier molecular flexibility index (Phi) is 3.83. The number of aliphatic hydroxyl groups excluding tert-OH is 1. The molecule has 0 saturated heterocycles. The maximum Gasteiger partial charge on any atom is 0.280 e. The van der Waals surface area contributed by atoms with Crippen molar-refractivity contribution in [3.8, 4) is 11.4 Å². The van der Waals surface area contributed by atoms with Gasteiger partial charge in [-0.3, -0.25) is 10.1 Å². The number of nitro benzene ring substituents is 1. The zero-order valence-electron chi connectivity index (χ0n) is 9.89. The minimum absolute atomic E-state index is 0.00130. The first-order chi connectivity index (χ1) is 9.13. The van der Waals surface area contributed by atoms with Crippen LogP contribution in [0.15, 0.2) is 28.8 Å². The molecule has 0 aliphatic carbocycles. The van der Waals surface area contributed by atoms with Gasteiger partial charge in [0.15, 0.2) is 0 Å². The molecule has 2 rings (SSSR count). The van der Waals surface area contributed by atoms with Gasteiger partial charge in [0.1, 0.15) is 11.7 Å². The van der Waals surface area contributed by atoms with Crippen LogP contribution in [-0.4, -0.2) is 26.7 Å². The lowest BCUT2D eigenvalue weighted by Crippen LogP contribution is -2.06. The van der Waals surface area contributed by atoms with Crippen LogP contribution in [0.4, 0.5) is 5.69 Å². The molecule has 1 aromatic carbocycles. The highest BCUT2D eigenvalue weighted by Crippen LogP contribution is 2.28. The molecule has 0 fully saturated rings. The number of nitrogens with two attached hydrogens (primary N) is 1. The van der Waals surface area contributed by atoms with Crippen molar-refractivity contribution in [3.05, 3.63) is 40.3 Å².